The lowest BCUT2D eigenvalue weighted by molar-refractivity contribution is 0.214. The largest absolute Gasteiger partial charge is 0.0654 e. The minimum atomic E-state index is 0.698. The van der Waals surface area contributed by atoms with Crippen molar-refractivity contribution in [1.82, 2.24) is 0 Å². The van der Waals surface area contributed by atoms with Crippen LogP contribution in [0.15, 0.2) is 0 Å². The van der Waals surface area contributed by atoms with E-state index in [1.165, 1.54) is 25.7 Å². The molecule has 0 nitrogen and oxygen atoms in total. The molecule has 2 fully saturated rings. The molecule has 2 saturated carbocycles. The Morgan fingerprint density at radius 2 is 1.93 bits per heavy atom. The fourth-order valence-corrected chi connectivity index (χ4v) is 3.27. The van der Waals surface area contributed by atoms with Gasteiger partial charge in [-0.2, -0.15) is 0 Å². The van der Waals surface area contributed by atoms with Gasteiger partial charge in [0.25, 0.3) is 0 Å². The van der Waals surface area contributed by atoms with E-state index < -0.39 is 0 Å². The smallest absolute Gasteiger partial charge is 0.0297 e. The van der Waals surface area contributed by atoms with Crippen molar-refractivity contribution in [3.8, 4) is 0 Å². The first kappa shape index (κ1) is 10.5. The molecule has 2 aliphatic rings. The molecule has 14 heavy (non-hydrogen) atoms. The van der Waals surface area contributed by atoms with Crippen LogP contribution in [-0.2, 0) is 0 Å². The molecule has 0 heterocycles. The molecule has 82 valence electrons. The van der Waals surface area contributed by atoms with Gasteiger partial charge in [-0.25, -0.2) is 0 Å². The second kappa shape index (κ2) is 3.87. The van der Waals surface area contributed by atoms with E-state index in [4.69, 9.17) is 0 Å². The molecule has 0 spiro atoms. The lowest BCUT2D eigenvalue weighted by atomic mass is 9.76. The Morgan fingerprint density at radius 3 is 2.43 bits per heavy atom. The van der Waals surface area contributed by atoms with Crippen molar-refractivity contribution in [2.75, 3.05) is 0 Å². The van der Waals surface area contributed by atoms with Crippen molar-refractivity contribution in [1.29, 1.82) is 0 Å². The molecule has 0 heteroatoms. The van der Waals surface area contributed by atoms with Crippen molar-refractivity contribution in [2.45, 2.75) is 65.7 Å². The number of unbranched alkanes of at least 4 members (excludes halogenated alkanes) is 1. The van der Waals surface area contributed by atoms with Crippen LogP contribution in [-0.4, -0.2) is 0 Å². The van der Waals surface area contributed by atoms with Crippen LogP contribution in [0.25, 0.3) is 0 Å². The van der Waals surface area contributed by atoms with Gasteiger partial charge in [-0.1, -0.05) is 40.0 Å². The molecular formula is C14H26. The van der Waals surface area contributed by atoms with Crippen LogP contribution in [0.3, 0.4) is 0 Å². The van der Waals surface area contributed by atoms with Gasteiger partial charge in [0.15, 0.2) is 0 Å². The summed E-state index contributed by atoms with van der Waals surface area (Å²) in [6.07, 6.45) is 10.4. The van der Waals surface area contributed by atoms with Gasteiger partial charge in [0.2, 0.25) is 0 Å². The Labute approximate surface area is 89.5 Å². The summed E-state index contributed by atoms with van der Waals surface area (Å²) in [5.74, 6) is 3.41. The van der Waals surface area contributed by atoms with Crippen molar-refractivity contribution in [3.05, 3.63) is 0 Å². The third kappa shape index (κ3) is 1.99. The fraction of sp³-hybridized carbons (Fsp3) is 1.00. The zero-order valence-corrected chi connectivity index (χ0v) is 10.2. The summed E-state index contributed by atoms with van der Waals surface area (Å²) in [6, 6.07) is 0. The molecule has 0 saturated heterocycles. The van der Waals surface area contributed by atoms with E-state index in [0.29, 0.717) is 5.41 Å². The van der Waals surface area contributed by atoms with Crippen LogP contribution in [0.1, 0.15) is 65.7 Å². The van der Waals surface area contributed by atoms with Gasteiger partial charge in [-0.15, -0.1) is 0 Å². The molecule has 3 atom stereocenters. The Morgan fingerprint density at radius 1 is 1.21 bits per heavy atom. The highest BCUT2D eigenvalue weighted by molar-refractivity contribution is 5.03. The number of hydrogen-bond acceptors (Lipinski definition) is 0. The van der Waals surface area contributed by atoms with Gasteiger partial charge >= 0.3 is 0 Å². The van der Waals surface area contributed by atoms with Crippen LogP contribution in [0.5, 0.6) is 0 Å². The van der Waals surface area contributed by atoms with Crippen LogP contribution in [0.4, 0.5) is 0 Å². The molecule has 0 aliphatic heterocycles. The quantitative estimate of drug-likeness (QED) is 0.578. The summed E-state index contributed by atoms with van der Waals surface area (Å²) in [7, 11) is 0. The second-order valence-electron chi connectivity index (χ2n) is 5.95. The standard InChI is InChI=1S/C14H26/c1-4-6-9-14(3,5-2)13-10-12(13)11-7-8-11/h11-13H,4-10H2,1-3H3. The molecule has 0 radical (unpaired) electrons. The summed E-state index contributed by atoms with van der Waals surface area (Å²) in [5, 5.41) is 0. The molecular weight excluding hydrogens is 168 g/mol. The Bertz CT molecular complexity index is 192. The maximum absolute atomic E-state index is 2.55. The van der Waals surface area contributed by atoms with Gasteiger partial charge < -0.3 is 0 Å². The lowest BCUT2D eigenvalue weighted by Crippen LogP contribution is -2.19. The van der Waals surface area contributed by atoms with Crippen molar-refractivity contribution in [2.24, 2.45) is 23.2 Å². The van der Waals surface area contributed by atoms with Crippen molar-refractivity contribution >= 4 is 0 Å². The summed E-state index contributed by atoms with van der Waals surface area (Å²) in [6.45, 7) is 7.27. The summed E-state index contributed by atoms with van der Waals surface area (Å²) < 4.78 is 0. The molecule has 2 rings (SSSR count). The zero-order valence-electron chi connectivity index (χ0n) is 10.2. The van der Waals surface area contributed by atoms with Crippen LogP contribution in [0.2, 0.25) is 0 Å². The number of rotatable bonds is 6. The van der Waals surface area contributed by atoms with E-state index in [9.17, 15) is 0 Å². The first-order valence-electron chi connectivity index (χ1n) is 6.71. The van der Waals surface area contributed by atoms with Gasteiger partial charge in [0.05, 0.1) is 0 Å². The Balaban J connectivity index is 1.85. The topological polar surface area (TPSA) is 0 Å². The Hall–Kier alpha value is 0. The van der Waals surface area contributed by atoms with Crippen LogP contribution < -0.4 is 0 Å². The minimum Gasteiger partial charge on any atom is -0.0654 e. The predicted molar refractivity (Wildman–Crippen MR) is 62.2 cm³/mol. The number of hydrogen-bond donors (Lipinski definition) is 0. The average molecular weight is 194 g/mol. The van der Waals surface area contributed by atoms with Crippen LogP contribution >= 0.6 is 0 Å². The predicted octanol–water partition coefficient (Wildman–Crippen LogP) is 4.64. The van der Waals surface area contributed by atoms with Crippen LogP contribution in [0, 0.1) is 23.2 Å². The maximum Gasteiger partial charge on any atom is -0.0297 e. The van der Waals surface area contributed by atoms with E-state index >= 15 is 0 Å². The average Bonchev–Trinajstić information content (AvgIpc) is 3.04. The molecule has 0 N–H and O–H groups in total. The third-order valence-corrected chi connectivity index (χ3v) is 4.87. The highest BCUT2D eigenvalue weighted by Gasteiger charge is 2.54. The molecule has 3 unspecified atom stereocenters. The lowest BCUT2D eigenvalue weighted by Gasteiger charge is -2.29. The van der Waals surface area contributed by atoms with Gasteiger partial charge in [0, 0.05) is 0 Å². The van der Waals surface area contributed by atoms with Gasteiger partial charge in [-0.3, -0.25) is 0 Å². The SMILES string of the molecule is CCCCC(C)(CC)C1CC1C1CC1. The van der Waals surface area contributed by atoms with E-state index in [0.717, 1.165) is 17.8 Å². The third-order valence-electron chi connectivity index (χ3n) is 4.87. The molecule has 0 bridgehead atoms. The molecule has 0 aromatic carbocycles. The van der Waals surface area contributed by atoms with Gasteiger partial charge in [0.1, 0.15) is 0 Å². The summed E-state index contributed by atoms with van der Waals surface area (Å²) in [5.41, 5.74) is 0.698. The minimum absolute atomic E-state index is 0.698. The summed E-state index contributed by atoms with van der Waals surface area (Å²) >= 11 is 0. The monoisotopic (exact) mass is 194 g/mol. The fourth-order valence-electron chi connectivity index (χ4n) is 3.27. The second-order valence-corrected chi connectivity index (χ2v) is 5.95. The maximum atomic E-state index is 2.55. The first-order chi connectivity index (χ1) is 6.71. The highest BCUT2D eigenvalue weighted by Crippen LogP contribution is 2.62. The van der Waals surface area contributed by atoms with E-state index in [-0.39, 0.29) is 0 Å². The summed E-state index contributed by atoms with van der Waals surface area (Å²) in [4.78, 5) is 0. The molecule has 0 aromatic rings. The highest BCUT2D eigenvalue weighted by atomic mass is 14.6. The molecule has 0 amide bonds. The van der Waals surface area contributed by atoms with Crippen molar-refractivity contribution < 1.29 is 0 Å². The van der Waals surface area contributed by atoms with E-state index in [1.54, 1.807) is 19.3 Å². The zero-order chi connectivity index (χ0) is 10.2. The van der Waals surface area contributed by atoms with E-state index in [2.05, 4.69) is 20.8 Å². The van der Waals surface area contributed by atoms with Gasteiger partial charge in [-0.05, 0) is 48.9 Å². The van der Waals surface area contributed by atoms with E-state index in [1.807, 2.05) is 0 Å². The normalized spacial score (nSPS) is 35.4. The Kier molecular flexibility index (Phi) is 2.91. The molecule has 2 aliphatic carbocycles. The molecule has 0 aromatic heterocycles. The van der Waals surface area contributed by atoms with Crippen molar-refractivity contribution in [3.63, 3.8) is 0 Å². The first-order valence-corrected chi connectivity index (χ1v) is 6.71.